The molecule has 0 atom stereocenters. The molecule has 0 fully saturated rings. The minimum atomic E-state index is 1.08. The third-order valence-corrected chi connectivity index (χ3v) is 3.85. The Morgan fingerprint density at radius 1 is 0.913 bits per heavy atom. The molecule has 2 aromatic rings. The molecule has 0 unspecified atom stereocenters. The van der Waals surface area contributed by atoms with E-state index in [1.165, 1.54) is 29.5 Å². The van der Waals surface area contributed by atoms with Gasteiger partial charge in [0.1, 0.15) is 0 Å². The summed E-state index contributed by atoms with van der Waals surface area (Å²) < 4.78 is 0. The molecule has 2 rings (SSSR count). The smallest absolute Gasteiger partial charge is 0.0278 e. The van der Waals surface area contributed by atoms with Crippen molar-refractivity contribution in [1.82, 2.24) is 0 Å². The van der Waals surface area contributed by atoms with E-state index >= 15 is 0 Å². The first-order valence-electron chi connectivity index (χ1n) is 8.61. The van der Waals surface area contributed by atoms with Crippen LogP contribution in [-0.2, 0) is 6.42 Å². The average Bonchev–Trinajstić information content (AvgIpc) is 2.56. The quantitative estimate of drug-likeness (QED) is 0.580. The minimum Gasteiger partial charge on any atom is -0.0840 e. The van der Waals surface area contributed by atoms with Crippen LogP contribution < -0.4 is 0 Å². The molecule has 0 amide bonds. The van der Waals surface area contributed by atoms with Crippen molar-refractivity contribution in [1.29, 1.82) is 0 Å². The van der Waals surface area contributed by atoms with Crippen molar-refractivity contribution in [2.45, 2.75) is 46.5 Å². The molecular weight excluding hydrogens is 276 g/mol. The first-order chi connectivity index (χ1) is 11.2. The first kappa shape index (κ1) is 17.1. The molecule has 0 heterocycles. The molecule has 0 spiro atoms. The van der Waals surface area contributed by atoms with E-state index in [4.69, 9.17) is 0 Å². The summed E-state index contributed by atoms with van der Waals surface area (Å²) in [4.78, 5) is 0. The normalized spacial score (nSPS) is 10.6. The molecule has 0 aliphatic heterocycles. The summed E-state index contributed by atoms with van der Waals surface area (Å²) in [6, 6.07) is 15.1. The van der Waals surface area contributed by atoms with Gasteiger partial charge in [-0.15, -0.1) is 0 Å². The summed E-state index contributed by atoms with van der Waals surface area (Å²) in [6.07, 6.45) is 9.08. The van der Waals surface area contributed by atoms with E-state index in [-0.39, 0.29) is 0 Å². The van der Waals surface area contributed by atoms with Crippen LogP contribution in [0.5, 0.6) is 0 Å². The Morgan fingerprint density at radius 2 is 1.70 bits per heavy atom. The summed E-state index contributed by atoms with van der Waals surface area (Å²) in [7, 11) is 0. The van der Waals surface area contributed by atoms with Crippen molar-refractivity contribution in [3.63, 3.8) is 0 Å². The Kier molecular flexibility index (Phi) is 6.70. The summed E-state index contributed by atoms with van der Waals surface area (Å²) in [5.41, 5.74) is 6.06. The van der Waals surface area contributed by atoms with Crippen LogP contribution in [-0.4, -0.2) is 0 Å². The van der Waals surface area contributed by atoms with Gasteiger partial charge in [0, 0.05) is 11.1 Å². The largest absolute Gasteiger partial charge is 0.0840 e. The van der Waals surface area contributed by atoms with Crippen LogP contribution in [0, 0.1) is 18.8 Å². The van der Waals surface area contributed by atoms with E-state index in [0.29, 0.717) is 0 Å². The number of rotatable bonds is 5. The highest BCUT2D eigenvalue weighted by molar-refractivity contribution is 5.55. The molecule has 0 bridgehead atoms. The van der Waals surface area contributed by atoms with Gasteiger partial charge in [0.05, 0.1) is 0 Å². The lowest BCUT2D eigenvalue weighted by atomic mass is 10.0. The molecule has 118 valence electrons. The van der Waals surface area contributed by atoms with Crippen molar-refractivity contribution in [2.75, 3.05) is 0 Å². The summed E-state index contributed by atoms with van der Waals surface area (Å²) in [5.74, 6) is 6.58. The Morgan fingerprint density at radius 3 is 2.35 bits per heavy atom. The van der Waals surface area contributed by atoms with Gasteiger partial charge in [-0.1, -0.05) is 74.9 Å². The Labute approximate surface area is 141 Å². The van der Waals surface area contributed by atoms with Gasteiger partial charge in [0.15, 0.2) is 0 Å². The monoisotopic (exact) mass is 302 g/mol. The molecule has 0 nitrogen and oxygen atoms in total. The molecule has 0 saturated heterocycles. The molecule has 2 aromatic carbocycles. The molecule has 0 saturated carbocycles. The summed E-state index contributed by atoms with van der Waals surface area (Å²) in [6.45, 7) is 6.53. The topological polar surface area (TPSA) is 0 Å². The molecule has 0 heteroatoms. The second-order valence-corrected chi connectivity index (χ2v) is 5.96. The fourth-order valence-electron chi connectivity index (χ4n) is 2.50. The minimum absolute atomic E-state index is 1.08. The van der Waals surface area contributed by atoms with Gasteiger partial charge in [0.25, 0.3) is 0 Å². The van der Waals surface area contributed by atoms with Crippen LogP contribution in [0.15, 0.2) is 48.5 Å². The van der Waals surface area contributed by atoms with Crippen molar-refractivity contribution in [3.8, 4) is 11.8 Å². The van der Waals surface area contributed by atoms with Crippen LogP contribution in [0.2, 0.25) is 0 Å². The molecule has 0 N–H and O–H groups in total. The van der Waals surface area contributed by atoms with Crippen LogP contribution in [0.3, 0.4) is 0 Å². The summed E-state index contributed by atoms with van der Waals surface area (Å²) in [5, 5.41) is 0. The lowest BCUT2D eigenvalue weighted by Gasteiger charge is -2.01. The second kappa shape index (κ2) is 9.01. The number of aryl methyl sites for hydroxylation is 2. The summed E-state index contributed by atoms with van der Waals surface area (Å²) >= 11 is 0. The van der Waals surface area contributed by atoms with Gasteiger partial charge in [-0.3, -0.25) is 0 Å². The number of unbranched alkanes of at least 4 members (excludes halogenated alkanes) is 1. The third kappa shape index (κ3) is 5.46. The third-order valence-electron chi connectivity index (χ3n) is 3.85. The molecule has 0 aliphatic rings. The zero-order valence-electron chi connectivity index (χ0n) is 14.5. The predicted octanol–water partition coefficient (Wildman–Crippen LogP) is 6.16. The van der Waals surface area contributed by atoms with Gasteiger partial charge in [-0.05, 0) is 54.7 Å². The fraction of sp³-hybridized carbons (Fsp3) is 0.304. The lowest BCUT2D eigenvalue weighted by Crippen LogP contribution is -1.85. The highest BCUT2D eigenvalue weighted by Crippen LogP contribution is 2.13. The molecule has 23 heavy (non-hydrogen) atoms. The maximum Gasteiger partial charge on any atom is 0.0278 e. The Bertz CT molecular complexity index is 706. The van der Waals surface area contributed by atoms with Gasteiger partial charge in [-0.2, -0.15) is 0 Å². The van der Waals surface area contributed by atoms with E-state index in [0.717, 1.165) is 24.0 Å². The van der Waals surface area contributed by atoms with E-state index in [1.807, 2.05) is 0 Å². The van der Waals surface area contributed by atoms with Crippen LogP contribution in [0.4, 0.5) is 0 Å². The van der Waals surface area contributed by atoms with Crippen molar-refractivity contribution in [3.05, 3.63) is 76.4 Å². The van der Waals surface area contributed by atoms with Gasteiger partial charge in [0.2, 0.25) is 0 Å². The SMILES string of the molecule is CCC/C=C/c1ccc(C#Cc2ccc(CCC)cc2)c(C)c1. The van der Waals surface area contributed by atoms with E-state index in [2.05, 4.69) is 87.2 Å². The molecule has 0 aromatic heterocycles. The van der Waals surface area contributed by atoms with Gasteiger partial charge < -0.3 is 0 Å². The number of allylic oxidation sites excluding steroid dienone is 1. The van der Waals surface area contributed by atoms with Crippen molar-refractivity contribution in [2.24, 2.45) is 0 Å². The maximum absolute atomic E-state index is 3.30. The average molecular weight is 302 g/mol. The van der Waals surface area contributed by atoms with E-state index in [1.54, 1.807) is 0 Å². The first-order valence-corrected chi connectivity index (χ1v) is 8.61. The number of hydrogen-bond acceptors (Lipinski definition) is 0. The maximum atomic E-state index is 3.30. The highest BCUT2D eigenvalue weighted by Gasteiger charge is 1.96. The van der Waals surface area contributed by atoms with E-state index in [9.17, 15) is 0 Å². The van der Waals surface area contributed by atoms with Crippen LogP contribution >= 0.6 is 0 Å². The van der Waals surface area contributed by atoms with Crippen LogP contribution in [0.25, 0.3) is 6.08 Å². The van der Waals surface area contributed by atoms with Gasteiger partial charge >= 0.3 is 0 Å². The fourth-order valence-corrected chi connectivity index (χ4v) is 2.50. The molecule has 0 radical (unpaired) electrons. The predicted molar refractivity (Wildman–Crippen MR) is 102 cm³/mol. The molecule has 0 aliphatic carbocycles. The Hall–Kier alpha value is -2.26. The van der Waals surface area contributed by atoms with Crippen molar-refractivity contribution < 1.29 is 0 Å². The molecular formula is C23H26. The number of benzene rings is 2. The Balaban J connectivity index is 2.11. The highest BCUT2D eigenvalue weighted by atomic mass is 14.0. The van der Waals surface area contributed by atoms with Crippen LogP contribution in [0.1, 0.15) is 60.9 Å². The lowest BCUT2D eigenvalue weighted by molar-refractivity contribution is 0.922. The standard InChI is InChI=1S/C23H26/c1-4-6-7-9-22-15-17-23(19(3)18-22)16-14-21-12-10-20(8-5-2)11-13-21/h7,9-13,15,17-18H,4-6,8H2,1-3H3/b9-7+. The zero-order chi connectivity index (χ0) is 16.5. The second-order valence-electron chi connectivity index (χ2n) is 5.96. The number of hydrogen-bond donors (Lipinski definition) is 0. The zero-order valence-corrected chi connectivity index (χ0v) is 14.5. The van der Waals surface area contributed by atoms with Crippen molar-refractivity contribution >= 4 is 6.08 Å². The van der Waals surface area contributed by atoms with E-state index < -0.39 is 0 Å². The van der Waals surface area contributed by atoms with Gasteiger partial charge in [-0.25, -0.2) is 0 Å².